The molecule has 0 radical (unpaired) electrons. The van der Waals surface area contributed by atoms with E-state index in [-0.39, 0.29) is 6.61 Å². The van der Waals surface area contributed by atoms with Gasteiger partial charge in [0.15, 0.2) is 5.65 Å². The molecular formula is C10H12N4O4. The molecule has 1 aliphatic rings. The fourth-order valence-electron chi connectivity index (χ4n) is 2.13. The van der Waals surface area contributed by atoms with Gasteiger partial charge in [0.1, 0.15) is 37.1 Å². The van der Waals surface area contributed by atoms with Crippen molar-refractivity contribution in [2.45, 2.75) is 24.4 Å². The number of hydrogen-bond donors (Lipinski definition) is 3. The summed E-state index contributed by atoms with van der Waals surface area (Å²) in [7, 11) is 0. The molecule has 1 aliphatic heterocycles. The summed E-state index contributed by atoms with van der Waals surface area (Å²) in [5.41, 5.74) is 1.06. The van der Waals surface area contributed by atoms with Crippen molar-refractivity contribution in [1.82, 2.24) is 19.6 Å². The number of aromatic nitrogens is 4. The van der Waals surface area contributed by atoms with Crippen molar-refractivity contribution in [2.75, 3.05) is 6.61 Å². The van der Waals surface area contributed by atoms with Crippen molar-refractivity contribution in [3.05, 3.63) is 24.4 Å². The van der Waals surface area contributed by atoms with Gasteiger partial charge in [-0.1, -0.05) is 0 Å². The van der Waals surface area contributed by atoms with Gasteiger partial charge in [-0.05, 0) is 0 Å². The van der Waals surface area contributed by atoms with E-state index in [1.54, 1.807) is 0 Å². The predicted octanol–water partition coefficient (Wildman–Crippen LogP) is -1.72. The molecule has 0 amide bonds. The average Bonchev–Trinajstić information content (AvgIpc) is 2.93. The van der Waals surface area contributed by atoms with E-state index in [0.717, 1.165) is 0 Å². The number of fused-ring (bicyclic) bond motifs is 1. The van der Waals surface area contributed by atoms with Crippen LogP contribution < -0.4 is 0 Å². The van der Waals surface area contributed by atoms with Crippen molar-refractivity contribution in [3.63, 3.8) is 0 Å². The second-order valence-corrected chi connectivity index (χ2v) is 4.14. The highest BCUT2D eigenvalue weighted by Crippen LogP contribution is 2.34. The van der Waals surface area contributed by atoms with Crippen LogP contribution in [0, 0.1) is 0 Å². The summed E-state index contributed by atoms with van der Waals surface area (Å²) in [5.74, 6) is 0. The van der Waals surface area contributed by atoms with Crippen LogP contribution in [0.15, 0.2) is 18.9 Å². The van der Waals surface area contributed by atoms with E-state index in [9.17, 15) is 10.2 Å². The Labute approximate surface area is 101 Å². The lowest BCUT2D eigenvalue weighted by Gasteiger charge is -2.12. The van der Waals surface area contributed by atoms with E-state index in [0.29, 0.717) is 11.2 Å². The first kappa shape index (κ1) is 11.5. The molecule has 3 heterocycles. The molecule has 8 nitrogen and oxygen atoms in total. The van der Waals surface area contributed by atoms with Gasteiger partial charge in [-0.3, -0.25) is 0 Å². The van der Waals surface area contributed by atoms with Crippen molar-refractivity contribution in [1.29, 1.82) is 0 Å². The van der Waals surface area contributed by atoms with Crippen LogP contribution in [0.5, 0.6) is 0 Å². The van der Waals surface area contributed by atoms with Gasteiger partial charge in [0.25, 0.3) is 0 Å². The molecule has 3 rings (SSSR count). The summed E-state index contributed by atoms with van der Waals surface area (Å²) in [6.07, 6.45) is 0.535. The standard InChI is InChI=1S/C10H12N4O4/c15-2-6-7(16)8(17)9(18-6)5-1-13-14-4-11-3-12-10(5)14/h1,3-4,6-9,15-17H,2H2/t6-,7-,8-,9+/m1/s1. The lowest BCUT2D eigenvalue weighted by Crippen LogP contribution is -2.32. The second-order valence-electron chi connectivity index (χ2n) is 4.14. The Balaban J connectivity index is 2.00. The Hall–Kier alpha value is -1.61. The molecule has 1 fully saturated rings. The molecule has 0 saturated carbocycles. The largest absolute Gasteiger partial charge is 0.394 e. The minimum atomic E-state index is -1.13. The summed E-state index contributed by atoms with van der Waals surface area (Å²) in [6, 6.07) is 0. The van der Waals surface area contributed by atoms with Crippen molar-refractivity contribution >= 4 is 5.65 Å². The predicted molar refractivity (Wildman–Crippen MR) is 57.5 cm³/mol. The number of hydrogen-bond acceptors (Lipinski definition) is 7. The number of nitrogens with zero attached hydrogens (tertiary/aromatic N) is 4. The fraction of sp³-hybridized carbons (Fsp3) is 0.500. The Morgan fingerprint density at radius 3 is 2.89 bits per heavy atom. The van der Waals surface area contributed by atoms with Crippen LogP contribution in [0.4, 0.5) is 0 Å². The van der Waals surface area contributed by atoms with E-state index < -0.39 is 24.4 Å². The van der Waals surface area contributed by atoms with Gasteiger partial charge in [0.2, 0.25) is 0 Å². The number of aliphatic hydroxyl groups excluding tert-OH is 3. The summed E-state index contributed by atoms with van der Waals surface area (Å²) in [5, 5.41) is 32.7. The Morgan fingerprint density at radius 2 is 2.17 bits per heavy atom. The van der Waals surface area contributed by atoms with E-state index in [4.69, 9.17) is 9.84 Å². The van der Waals surface area contributed by atoms with Gasteiger partial charge in [0, 0.05) is 5.56 Å². The highest BCUT2D eigenvalue weighted by atomic mass is 16.6. The van der Waals surface area contributed by atoms with Gasteiger partial charge in [-0.2, -0.15) is 5.10 Å². The summed E-state index contributed by atoms with van der Waals surface area (Å²) < 4.78 is 6.87. The zero-order chi connectivity index (χ0) is 12.7. The monoisotopic (exact) mass is 252 g/mol. The normalized spacial score (nSPS) is 32.2. The third-order valence-corrected chi connectivity index (χ3v) is 3.07. The first-order valence-electron chi connectivity index (χ1n) is 5.48. The quantitative estimate of drug-likeness (QED) is 0.582. The minimum absolute atomic E-state index is 0.358. The van der Waals surface area contributed by atoms with Gasteiger partial charge in [-0.25, -0.2) is 14.5 Å². The summed E-state index contributed by atoms with van der Waals surface area (Å²) in [4.78, 5) is 7.86. The lowest BCUT2D eigenvalue weighted by atomic mass is 10.0. The molecule has 96 valence electrons. The second kappa shape index (κ2) is 4.25. The molecule has 0 bridgehead atoms. The van der Waals surface area contributed by atoms with Crippen LogP contribution >= 0.6 is 0 Å². The van der Waals surface area contributed by atoms with Crippen molar-refractivity contribution < 1.29 is 20.1 Å². The topological polar surface area (TPSA) is 113 Å². The number of ether oxygens (including phenoxy) is 1. The van der Waals surface area contributed by atoms with Crippen molar-refractivity contribution in [3.8, 4) is 0 Å². The molecule has 0 unspecified atom stereocenters. The average molecular weight is 252 g/mol. The Kier molecular flexibility index (Phi) is 2.71. The molecule has 4 atom stereocenters. The molecule has 1 saturated heterocycles. The minimum Gasteiger partial charge on any atom is -0.394 e. The smallest absolute Gasteiger partial charge is 0.164 e. The van der Waals surface area contributed by atoms with Crippen LogP contribution in [0.3, 0.4) is 0 Å². The zero-order valence-electron chi connectivity index (χ0n) is 9.29. The highest BCUT2D eigenvalue weighted by molar-refractivity contribution is 5.47. The van der Waals surface area contributed by atoms with E-state index >= 15 is 0 Å². The zero-order valence-corrected chi connectivity index (χ0v) is 9.29. The number of rotatable bonds is 2. The maximum atomic E-state index is 9.92. The first-order valence-corrected chi connectivity index (χ1v) is 5.48. The number of aliphatic hydroxyl groups is 3. The fourth-order valence-corrected chi connectivity index (χ4v) is 2.13. The van der Waals surface area contributed by atoms with Gasteiger partial charge in [0.05, 0.1) is 12.8 Å². The van der Waals surface area contributed by atoms with Crippen LogP contribution in [0.1, 0.15) is 11.7 Å². The maximum absolute atomic E-state index is 9.92. The maximum Gasteiger partial charge on any atom is 0.164 e. The summed E-state index contributed by atoms with van der Waals surface area (Å²) in [6.45, 7) is -0.358. The third-order valence-electron chi connectivity index (χ3n) is 3.07. The SMILES string of the molecule is OC[C@H]1O[C@@H](c2cnn3cncnc23)[C@H](O)[C@@H]1O. The first-order chi connectivity index (χ1) is 8.72. The molecule has 18 heavy (non-hydrogen) atoms. The van der Waals surface area contributed by atoms with Crippen LogP contribution in [0.25, 0.3) is 5.65 Å². The highest BCUT2D eigenvalue weighted by Gasteiger charge is 2.44. The molecule has 3 N–H and O–H groups in total. The lowest BCUT2D eigenvalue weighted by molar-refractivity contribution is -0.0224. The molecule has 0 aromatic carbocycles. The van der Waals surface area contributed by atoms with Gasteiger partial charge in [-0.15, -0.1) is 0 Å². The molecule has 0 aliphatic carbocycles. The van der Waals surface area contributed by atoms with Crippen LogP contribution in [-0.2, 0) is 4.74 Å². The van der Waals surface area contributed by atoms with Gasteiger partial charge < -0.3 is 20.1 Å². The van der Waals surface area contributed by atoms with Crippen molar-refractivity contribution in [2.24, 2.45) is 0 Å². The molecule has 2 aromatic heterocycles. The molecular weight excluding hydrogens is 240 g/mol. The molecule has 0 spiro atoms. The summed E-state index contributed by atoms with van der Waals surface area (Å²) >= 11 is 0. The molecule has 2 aromatic rings. The Bertz CT molecular complexity index is 560. The van der Waals surface area contributed by atoms with E-state index in [2.05, 4.69) is 15.1 Å². The van der Waals surface area contributed by atoms with Gasteiger partial charge >= 0.3 is 0 Å². The Morgan fingerprint density at radius 1 is 1.33 bits per heavy atom. The van der Waals surface area contributed by atoms with E-state index in [1.165, 1.54) is 23.4 Å². The third kappa shape index (κ3) is 1.58. The van der Waals surface area contributed by atoms with Crippen LogP contribution in [0.2, 0.25) is 0 Å². The molecule has 8 heteroatoms. The van der Waals surface area contributed by atoms with Crippen LogP contribution in [-0.4, -0.2) is 59.8 Å². The van der Waals surface area contributed by atoms with E-state index in [1.807, 2.05) is 0 Å².